The molecule has 0 unspecified atom stereocenters. The maximum atomic E-state index is 11.4. The van der Waals surface area contributed by atoms with Crippen LogP contribution in [0.2, 0.25) is 0 Å². The van der Waals surface area contributed by atoms with Crippen LogP contribution in [-0.2, 0) is 0 Å². The van der Waals surface area contributed by atoms with Crippen LogP contribution in [0.15, 0.2) is 29.3 Å². The molecule has 0 aliphatic carbocycles. The third-order valence-corrected chi connectivity index (χ3v) is 3.14. The Bertz CT molecular complexity index is 627. The van der Waals surface area contributed by atoms with Crippen LogP contribution in [0.4, 0.5) is 5.69 Å². The van der Waals surface area contributed by atoms with Crippen molar-refractivity contribution < 1.29 is 9.47 Å². The fraction of sp³-hybridized carbons (Fsp3) is 0.0909. The van der Waals surface area contributed by atoms with Crippen molar-refractivity contribution in [3.05, 3.63) is 38.5 Å². The maximum absolute atomic E-state index is 11.4. The second kappa shape index (κ2) is 5.25. The molecule has 94 valence electrons. The summed E-state index contributed by atoms with van der Waals surface area (Å²) >= 11 is 1.86. The second-order valence-electron chi connectivity index (χ2n) is 3.36. The maximum Gasteiger partial charge on any atom is 0.268 e. The molecular formula is C11H10IN3O3. The van der Waals surface area contributed by atoms with E-state index in [0.717, 1.165) is 0 Å². The minimum atomic E-state index is -0.257. The van der Waals surface area contributed by atoms with E-state index in [1.165, 1.54) is 6.33 Å². The highest BCUT2D eigenvalue weighted by atomic mass is 127. The van der Waals surface area contributed by atoms with E-state index in [1.807, 2.05) is 22.6 Å². The highest BCUT2D eigenvalue weighted by Gasteiger charge is 2.10. The SMILES string of the molecule is COc1ccc(Oc2nc[nH]c(=O)c2I)c(N)c1. The van der Waals surface area contributed by atoms with E-state index in [9.17, 15) is 4.79 Å². The van der Waals surface area contributed by atoms with Gasteiger partial charge in [0.15, 0.2) is 5.75 Å². The van der Waals surface area contributed by atoms with Gasteiger partial charge in [-0.15, -0.1) is 0 Å². The number of H-pyrrole nitrogens is 1. The molecule has 0 bridgehead atoms. The fourth-order valence-electron chi connectivity index (χ4n) is 1.29. The zero-order valence-electron chi connectivity index (χ0n) is 9.44. The Balaban J connectivity index is 2.34. The van der Waals surface area contributed by atoms with Crippen molar-refractivity contribution in [1.82, 2.24) is 9.97 Å². The van der Waals surface area contributed by atoms with Crippen LogP contribution in [-0.4, -0.2) is 17.1 Å². The lowest BCUT2D eigenvalue weighted by molar-refractivity contribution is 0.412. The molecule has 0 aliphatic rings. The molecule has 1 aromatic carbocycles. The minimum absolute atomic E-state index is 0.219. The van der Waals surface area contributed by atoms with E-state index in [4.69, 9.17) is 15.2 Å². The lowest BCUT2D eigenvalue weighted by atomic mass is 10.3. The third kappa shape index (κ3) is 2.55. The lowest BCUT2D eigenvalue weighted by Crippen LogP contribution is -2.11. The van der Waals surface area contributed by atoms with E-state index in [-0.39, 0.29) is 11.4 Å². The van der Waals surface area contributed by atoms with Gasteiger partial charge in [-0.2, -0.15) is 0 Å². The normalized spacial score (nSPS) is 10.1. The number of benzene rings is 1. The van der Waals surface area contributed by atoms with Crippen LogP contribution in [0.5, 0.6) is 17.4 Å². The Labute approximate surface area is 116 Å². The first-order valence-electron chi connectivity index (χ1n) is 4.96. The number of methoxy groups -OCH3 is 1. The van der Waals surface area contributed by atoms with Gasteiger partial charge in [0.1, 0.15) is 9.32 Å². The van der Waals surface area contributed by atoms with Crippen molar-refractivity contribution in [3.8, 4) is 17.4 Å². The molecule has 0 spiro atoms. The standard InChI is InChI=1S/C11H10IN3O3/c1-17-6-2-3-8(7(13)4-6)18-11-9(12)10(16)14-5-15-11/h2-5H,13H2,1H3,(H,14,15,16). The Hall–Kier alpha value is -1.77. The van der Waals surface area contributed by atoms with E-state index < -0.39 is 0 Å². The summed E-state index contributed by atoms with van der Waals surface area (Å²) in [4.78, 5) is 17.8. The topological polar surface area (TPSA) is 90.2 Å². The number of aromatic amines is 1. The van der Waals surface area contributed by atoms with E-state index in [1.54, 1.807) is 25.3 Å². The highest BCUT2D eigenvalue weighted by molar-refractivity contribution is 14.1. The fourth-order valence-corrected chi connectivity index (χ4v) is 1.69. The summed E-state index contributed by atoms with van der Waals surface area (Å²) in [6.07, 6.45) is 1.28. The van der Waals surface area contributed by atoms with Gasteiger partial charge in [-0.3, -0.25) is 4.79 Å². The molecule has 0 aliphatic heterocycles. The molecule has 0 amide bonds. The molecule has 2 aromatic rings. The summed E-state index contributed by atoms with van der Waals surface area (Å²) in [5.41, 5.74) is 5.96. The molecule has 2 rings (SSSR count). The van der Waals surface area contributed by atoms with Crippen molar-refractivity contribution in [3.63, 3.8) is 0 Å². The molecule has 0 saturated carbocycles. The van der Waals surface area contributed by atoms with Crippen molar-refractivity contribution in [2.75, 3.05) is 12.8 Å². The average molecular weight is 359 g/mol. The van der Waals surface area contributed by atoms with Gasteiger partial charge in [-0.1, -0.05) is 0 Å². The zero-order valence-corrected chi connectivity index (χ0v) is 11.6. The summed E-state index contributed by atoms with van der Waals surface area (Å²) in [5.74, 6) is 1.27. The minimum Gasteiger partial charge on any atom is -0.497 e. The highest BCUT2D eigenvalue weighted by Crippen LogP contribution is 2.30. The molecule has 0 radical (unpaired) electrons. The molecule has 0 fully saturated rings. The van der Waals surface area contributed by atoms with E-state index in [0.29, 0.717) is 20.8 Å². The number of rotatable bonds is 3. The predicted octanol–water partition coefficient (Wildman–Crippen LogP) is 1.76. The third-order valence-electron chi connectivity index (χ3n) is 2.19. The van der Waals surface area contributed by atoms with Crippen LogP contribution in [0.1, 0.15) is 0 Å². The van der Waals surface area contributed by atoms with Crippen molar-refractivity contribution in [1.29, 1.82) is 0 Å². The number of nitrogen functional groups attached to an aromatic ring is 1. The van der Waals surface area contributed by atoms with Crippen LogP contribution < -0.4 is 20.8 Å². The van der Waals surface area contributed by atoms with Gasteiger partial charge in [0, 0.05) is 6.07 Å². The number of ether oxygens (including phenoxy) is 2. The molecule has 1 heterocycles. The summed E-state index contributed by atoms with van der Waals surface area (Å²) in [5, 5.41) is 0. The molecule has 1 aromatic heterocycles. The number of hydrogen-bond donors (Lipinski definition) is 2. The number of halogens is 1. The summed E-state index contributed by atoms with van der Waals surface area (Å²) in [6, 6.07) is 5.01. The molecule has 7 heteroatoms. The number of nitrogens with zero attached hydrogens (tertiary/aromatic N) is 1. The van der Waals surface area contributed by atoms with Crippen LogP contribution in [0.3, 0.4) is 0 Å². The van der Waals surface area contributed by atoms with Gasteiger partial charge < -0.3 is 20.2 Å². The molecule has 0 atom stereocenters. The summed E-state index contributed by atoms with van der Waals surface area (Å²) < 4.78 is 10.9. The van der Waals surface area contributed by atoms with E-state index in [2.05, 4.69) is 9.97 Å². The summed E-state index contributed by atoms with van der Waals surface area (Å²) in [7, 11) is 1.55. The second-order valence-corrected chi connectivity index (χ2v) is 4.44. The first-order valence-corrected chi connectivity index (χ1v) is 6.04. The molecular weight excluding hydrogens is 349 g/mol. The smallest absolute Gasteiger partial charge is 0.268 e. The predicted molar refractivity (Wildman–Crippen MR) is 75.1 cm³/mol. The van der Waals surface area contributed by atoms with Gasteiger partial charge in [0.05, 0.1) is 19.1 Å². The number of aromatic nitrogens is 2. The van der Waals surface area contributed by atoms with Gasteiger partial charge in [-0.25, -0.2) is 4.98 Å². The molecule has 3 N–H and O–H groups in total. The Morgan fingerprint density at radius 3 is 2.89 bits per heavy atom. The number of nitrogens with one attached hydrogen (secondary N) is 1. The largest absolute Gasteiger partial charge is 0.497 e. The van der Waals surface area contributed by atoms with E-state index >= 15 is 0 Å². The van der Waals surface area contributed by atoms with Gasteiger partial charge in [-0.05, 0) is 34.7 Å². The average Bonchev–Trinajstić information content (AvgIpc) is 2.37. The van der Waals surface area contributed by atoms with Gasteiger partial charge >= 0.3 is 0 Å². The van der Waals surface area contributed by atoms with Crippen molar-refractivity contribution in [2.45, 2.75) is 0 Å². The lowest BCUT2D eigenvalue weighted by Gasteiger charge is -2.09. The monoisotopic (exact) mass is 359 g/mol. The zero-order chi connectivity index (χ0) is 13.1. The molecule has 18 heavy (non-hydrogen) atoms. The van der Waals surface area contributed by atoms with Crippen LogP contribution in [0.25, 0.3) is 0 Å². The van der Waals surface area contributed by atoms with Gasteiger partial charge in [0.2, 0.25) is 5.88 Å². The number of nitrogens with two attached hydrogens (primary N) is 1. The Morgan fingerprint density at radius 2 is 2.22 bits per heavy atom. The van der Waals surface area contributed by atoms with Gasteiger partial charge in [0.25, 0.3) is 5.56 Å². The number of anilines is 1. The Morgan fingerprint density at radius 1 is 1.44 bits per heavy atom. The molecule has 0 saturated heterocycles. The molecule has 6 nitrogen and oxygen atoms in total. The van der Waals surface area contributed by atoms with Crippen molar-refractivity contribution in [2.24, 2.45) is 0 Å². The van der Waals surface area contributed by atoms with Crippen LogP contribution in [0, 0.1) is 3.57 Å². The quantitative estimate of drug-likeness (QED) is 0.644. The first kappa shape index (κ1) is 12.7. The van der Waals surface area contributed by atoms with Crippen molar-refractivity contribution >= 4 is 28.3 Å². The Kier molecular flexibility index (Phi) is 3.70. The number of hydrogen-bond acceptors (Lipinski definition) is 5. The van der Waals surface area contributed by atoms with Crippen LogP contribution >= 0.6 is 22.6 Å². The summed E-state index contributed by atoms with van der Waals surface area (Å²) in [6.45, 7) is 0. The first-order chi connectivity index (χ1) is 8.61.